The molecule has 0 spiro atoms. The molecule has 33 heavy (non-hydrogen) atoms. The molecule has 2 fully saturated rings. The predicted molar refractivity (Wildman–Crippen MR) is 117 cm³/mol. The second-order valence-corrected chi connectivity index (χ2v) is 8.65. The van der Waals surface area contributed by atoms with Gasteiger partial charge in [-0.1, -0.05) is 38.1 Å². The summed E-state index contributed by atoms with van der Waals surface area (Å²) in [6, 6.07) is 14.7. The van der Waals surface area contributed by atoms with Crippen molar-refractivity contribution in [3.8, 4) is 11.5 Å². The molecule has 0 amide bonds. The van der Waals surface area contributed by atoms with Crippen molar-refractivity contribution < 1.29 is 38.0 Å². The molecule has 0 aliphatic carbocycles. The Labute approximate surface area is 192 Å². The summed E-state index contributed by atoms with van der Waals surface area (Å²) in [5.74, 6) is 0.526. The topological polar surface area (TPSA) is 89.5 Å². The lowest BCUT2D eigenvalue weighted by molar-refractivity contribution is -0.131. The van der Waals surface area contributed by atoms with Crippen LogP contribution < -0.4 is 9.47 Å². The fourth-order valence-electron chi connectivity index (χ4n) is 4.19. The van der Waals surface area contributed by atoms with Crippen molar-refractivity contribution in [1.29, 1.82) is 0 Å². The molecule has 0 bridgehead atoms. The second-order valence-electron chi connectivity index (χ2n) is 8.65. The van der Waals surface area contributed by atoms with Gasteiger partial charge in [0, 0.05) is 19.4 Å². The van der Waals surface area contributed by atoms with Crippen LogP contribution in [0.4, 0.5) is 4.79 Å². The molecular formula is C25H28O8. The Hall–Kier alpha value is -2.94. The van der Waals surface area contributed by atoms with Gasteiger partial charge in [-0.15, -0.1) is 0 Å². The smallest absolute Gasteiger partial charge is 0.427 e. The minimum Gasteiger partial charge on any atom is -0.427 e. The van der Waals surface area contributed by atoms with Gasteiger partial charge in [0.25, 0.3) is 0 Å². The Bertz CT molecular complexity index is 982. The zero-order chi connectivity index (χ0) is 23.6. The molecule has 4 rings (SSSR count). The largest absolute Gasteiger partial charge is 0.514 e. The van der Waals surface area contributed by atoms with Crippen molar-refractivity contribution in [3.63, 3.8) is 0 Å². The van der Waals surface area contributed by atoms with Gasteiger partial charge < -0.3 is 28.4 Å². The molecule has 8 heteroatoms. The van der Waals surface area contributed by atoms with Gasteiger partial charge in [0.2, 0.25) is 0 Å². The number of hydrogen-bond donors (Lipinski definition) is 0. The first-order valence-electron chi connectivity index (χ1n) is 10.8. The van der Waals surface area contributed by atoms with Crippen LogP contribution in [-0.2, 0) is 29.2 Å². The molecular weight excluding hydrogens is 428 g/mol. The van der Waals surface area contributed by atoms with Crippen LogP contribution in [0.2, 0.25) is 0 Å². The number of benzene rings is 2. The van der Waals surface area contributed by atoms with Crippen molar-refractivity contribution in [1.82, 2.24) is 0 Å². The van der Waals surface area contributed by atoms with Crippen LogP contribution in [-0.4, -0.2) is 56.9 Å². The SMILES string of the molecule is COC1COC2C(OC(=O)Oc3ccc(C(C)(C)c4ccc(OC(C)=O)cc4)cc3)COC12. The first-order valence-corrected chi connectivity index (χ1v) is 10.8. The molecule has 2 aliphatic rings. The molecule has 0 aromatic heterocycles. The summed E-state index contributed by atoms with van der Waals surface area (Å²) in [7, 11) is 1.60. The normalized spacial score (nSPS) is 24.2. The average molecular weight is 456 g/mol. The van der Waals surface area contributed by atoms with E-state index in [-0.39, 0.29) is 36.3 Å². The molecule has 2 aromatic rings. The predicted octanol–water partition coefficient (Wildman–Crippen LogP) is 3.63. The van der Waals surface area contributed by atoms with Crippen LogP contribution in [0.5, 0.6) is 11.5 Å². The van der Waals surface area contributed by atoms with Crippen LogP contribution in [0.1, 0.15) is 31.9 Å². The fourth-order valence-corrected chi connectivity index (χ4v) is 4.19. The van der Waals surface area contributed by atoms with E-state index in [0.717, 1.165) is 11.1 Å². The Kier molecular flexibility index (Phi) is 6.69. The number of methoxy groups -OCH3 is 1. The molecule has 0 saturated carbocycles. The highest BCUT2D eigenvalue weighted by Crippen LogP contribution is 2.34. The van der Waals surface area contributed by atoms with Crippen molar-refractivity contribution in [2.45, 2.75) is 50.6 Å². The van der Waals surface area contributed by atoms with Crippen molar-refractivity contribution in [3.05, 3.63) is 59.7 Å². The molecule has 0 radical (unpaired) electrons. The number of fused-ring (bicyclic) bond motifs is 1. The van der Waals surface area contributed by atoms with Gasteiger partial charge in [0.1, 0.15) is 29.8 Å². The van der Waals surface area contributed by atoms with Gasteiger partial charge in [-0.3, -0.25) is 4.79 Å². The summed E-state index contributed by atoms with van der Waals surface area (Å²) in [6.45, 7) is 6.19. The number of carbonyl (C=O) groups excluding carboxylic acids is 2. The van der Waals surface area contributed by atoms with Gasteiger partial charge in [-0.2, -0.15) is 0 Å². The Balaban J connectivity index is 1.36. The average Bonchev–Trinajstić information content (AvgIpc) is 3.37. The maximum Gasteiger partial charge on any atom is 0.514 e. The number of hydrogen-bond acceptors (Lipinski definition) is 8. The number of esters is 1. The van der Waals surface area contributed by atoms with E-state index in [0.29, 0.717) is 18.1 Å². The molecule has 2 aromatic carbocycles. The summed E-state index contributed by atoms with van der Waals surface area (Å²) >= 11 is 0. The monoisotopic (exact) mass is 456 g/mol. The Morgan fingerprint density at radius 3 is 1.82 bits per heavy atom. The lowest BCUT2D eigenvalue weighted by atomic mass is 9.78. The molecule has 4 unspecified atom stereocenters. The van der Waals surface area contributed by atoms with E-state index in [1.807, 2.05) is 24.3 Å². The first-order chi connectivity index (χ1) is 15.8. The molecule has 176 valence electrons. The summed E-state index contributed by atoms with van der Waals surface area (Å²) < 4.78 is 32.5. The highest BCUT2D eigenvalue weighted by Gasteiger charge is 2.50. The first kappa shape index (κ1) is 23.2. The minimum atomic E-state index is -0.804. The zero-order valence-electron chi connectivity index (χ0n) is 19.1. The third kappa shape index (κ3) is 5.03. The quantitative estimate of drug-likeness (QED) is 0.370. The zero-order valence-corrected chi connectivity index (χ0v) is 19.1. The fraction of sp³-hybridized carbons (Fsp3) is 0.440. The van der Waals surface area contributed by atoms with E-state index in [1.165, 1.54) is 6.92 Å². The second kappa shape index (κ2) is 9.51. The molecule has 2 saturated heterocycles. The van der Waals surface area contributed by atoms with E-state index >= 15 is 0 Å². The van der Waals surface area contributed by atoms with Crippen LogP contribution in [0.3, 0.4) is 0 Å². The summed E-state index contributed by atoms with van der Waals surface area (Å²) in [5, 5.41) is 0. The van der Waals surface area contributed by atoms with Crippen LogP contribution >= 0.6 is 0 Å². The Morgan fingerprint density at radius 1 is 0.818 bits per heavy atom. The third-order valence-electron chi connectivity index (χ3n) is 6.13. The summed E-state index contributed by atoms with van der Waals surface area (Å²) in [6.07, 6.45) is -2.08. The van der Waals surface area contributed by atoms with Crippen LogP contribution in [0.15, 0.2) is 48.5 Å². The van der Waals surface area contributed by atoms with E-state index in [9.17, 15) is 9.59 Å². The van der Waals surface area contributed by atoms with Crippen molar-refractivity contribution in [2.24, 2.45) is 0 Å². The standard InChI is InChI=1S/C25H28O8/c1-15(26)31-18-9-5-16(6-10-18)25(2,3)17-7-11-19(12-8-17)32-24(27)33-21-14-30-22-20(28-4)13-29-23(21)22/h5-12,20-23H,13-14H2,1-4H3. The summed E-state index contributed by atoms with van der Waals surface area (Å²) in [5.41, 5.74) is 1.76. The lowest BCUT2D eigenvalue weighted by Crippen LogP contribution is -2.35. The van der Waals surface area contributed by atoms with Gasteiger partial charge >= 0.3 is 12.1 Å². The lowest BCUT2D eigenvalue weighted by Gasteiger charge is -2.26. The third-order valence-corrected chi connectivity index (χ3v) is 6.13. The van der Waals surface area contributed by atoms with E-state index in [1.54, 1.807) is 31.4 Å². The summed E-state index contributed by atoms with van der Waals surface area (Å²) in [4.78, 5) is 23.4. The molecule has 4 atom stereocenters. The van der Waals surface area contributed by atoms with Crippen LogP contribution in [0.25, 0.3) is 0 Å². The highest BCUT2D eigenvalue weighted by atomic mass is 16.7. The van der Waals surface area contributed by atoms with E-state index in [2.05, 4.69) is 13.8 Å². The maximum absolute atomic E-state index is 12.3. The number of carbonyl (C=O) groups is 2. The minimum absolute atomic E-state index is 0.159. The van der Waals surface area contributed by atoms with Crippen molar-refractivity contribution >= 4 is 12.1 Å². The van der Waals surface area contributed by atoms with Gasteiger partial charge in [-0.05, 0) is 35.4 Å². The Morgan fingerprint density at radius 2 is 1.30 bits per heavy atom. The van der Waals surface area contributed by atoms with Crippen molar-refractivity contribution in [2.75, 3.05) is 20.3 Å². The van der Waals surface area contributed by atoms with Gasteiger partial charge in [0.05, 0.1) is 13.2 Å². The molecule has 8 nitrogen and oxygen atoms in total. The van der Waals surface area contributed by atoms with E-state index < -0.39 is 12.3 Å². The maximum atomic E-state index is 12.3. The van der Waals surface area contributed by atoms with Crippen LogP contribution in [0, 0.1) is 0 Å². The van der Waals surface area contributed by atoms with Gasteiger partial charge in [0.15, 0.2) is 6.10 Å². The molecule has 2 aliphatic heterocycles. The molecule has 0 N–H and O–H groups in total. The number of ether oxygens (including phenoxy) is 6. The highest BCUT2D eigenvalue weighted by molar-refractivity contribution is 5.69. The van der Waals surface area contributed by atoms with E-state index in [4.69, 9.17) is 28.4 Å². The number of rotatable bonds is 6. The molecule has 2 heterocycles. The van der Waals surface area contributed by atoms with Gasteiger partial charge in [-0.25, -0.2) is 4.79 Å².